The third-order valence-electron chi connectivity index (χ3n) is 3.22. The molecule has 2 aromatic rings. The van der Waals surface area contributed by atoms with Crippen LogP contribution in [0.1, 0.15) is 17.2 Å². The van der Waals surface area contributed by atoms with Crippen LogP contribution >= 0.6 is 34.8 Å². The van der Waals surface area contributed by atoms with Gasteiger partial charge in [0.25, 0.3) is 0 Å². The highest BCUT2D eigenvalue weighted by atomic mass is 35.5. The average Bonchev–Trinajstić information content (AvgIpc) is 2.45. The fourth-order valence-electron chi connectivity index (χ4n) is 2.10. The first-order chi connectivity index (χ1) is 9.93. The van der Waals surface area contributed by atoms with Gasteiger partial charge < -0.3 is 5.32 Å². The fourth-order valence-corrected chi connectivity index (χ4v) is 2.65. The van der Waals surface area contributed by atoms with Crippen molar-refractivity contribution in [1.29, 1.82) is 0 Å². The molecule has 0 radical (unpaired) electrons. The molecule has 21 heavy (non-hydrogen) atoms. The highest BCUT2D eigenvalue weighted by Gasteiger charge is 2.19. The van der Waals surface area contributed by atoms with E-state index in [1.807, 2.05) is 0 Å². The molecule has 0 aliphatic rings. The fraction of sp³-hybridized carbons (Fsp3) is 0.200. The summed E-state index contributed by atoms with van der Waals surface area (Å²) in [5.74, 6) is -1.23. The van der Waals surface area contributed by atoms with Crippen LogP contribution in [0, 0.1) is 11.6 Å². The number of halogens is 5. The lowest BCUT2D eigenvalue weighted by atomic mass is 9.98. The Hall–Kier alpha value is -0.870. The number of hydrogen-bond acceptors (Lipinski definition) is 1. The molecule has 2 rings (SSSR count). The van der Waals surface area contributed by atoms with Crippen LogP contribution in [-0.4, -0.2) is 7.05 Å². The summed E-state index contributed by atoms with van der Waals surface area (Å²) in [5.41, 5.74) is 0.939. The van der Waals surface area contributed by atoms with Gasteiger partial charge >= 0.3 is 0 Å². The molecule has 0 fully saturated rings. The van der Waals surface area contributed by atoms with Gasteiger partial charge in [-0.25, -0.2) is 8.78 Å². The quantitative estimate of drug-likeness (QED) is 0.725. The normalized spacial score (nSPS) is 12.5. The van der Waals surface area contributed by atoms with Crippen molar-refractivity contribution < 1.29 is 8.78 Å². The van der Waals surface area contributed by atoms with Crippen LogP contribution in [0.5, 0.6) is 0 Å². The van der Waals surface area contributed by atoms with E-state index >= 15 is 0 Å². The summed E-state index contributed by atoms with van der Waals surface area (Å²) in [6.45, 7) is 0. The van der Waals surface area contributed by atoms with Gasteiger partial charge in [0, 0.05) is 11.6 Å². The molecule has 2 aromatic carbocycles. The Kier molecular flexibility index (Phi) is 5.44. The van der Waals surface area contributed by atoms with Crippen LogP contribution in [0.2, 0.25) is 15.1 Å². The standard InChI is InChI=1S/C15H12Cl3F2N/c1-21-14(5-8-3-2-4-10(16)15(8)18)9-6-13(20)11(17)7-12(9)19/h2-4,6-7,14,21H,5H2,1H3. The number of nitrogens with one attached hydrogen (secondary N) is 1. The van der Waals surface area contributed by atoms with Gasteiger partial charge in [-0.15, -0.1) is 0 Å². The summed E-state index contributed by atoms with van der Waals surface area (Å²) in [7, 11) is 1.66. The lowest BCUT2D eigenvalue weighted by molar-refractivity contribution is 0.523. The van der Waals surface area contributed by atoms with Crippen molar-refractivity contribution in [2.24, 2.45) is 0 Å². The van der Waals surface area contributed by atoms with Crippen molar-refractivity contribution in [2.45, 2.75) is 12.5 Å². The number of benzene rings is 2. The summed E-state index contributed by atoms with van der Waals surface area (Å²) in [4.78, 5) is 0. The minimum absolute atomic E-state index is 0.190. The molecule has 112 valence electrons. The van der Waals surface area contributed by atoms with E-state index in [9.17, 15) is 8.78 Å². The SMILES string of the molecule is CNC(Cc1cccc(Cl)c1Cl)c1cc(F)c(Cl)cc1F. The topological polar surface area (TPSA) is 12.0 Å². The van der Waals surface area contributed by atoms with E-state index in [2.05, 4.69) is 5.32 Å². The first-order valence-corrected chi connectivity index (χ1v) is 7.32. The second-order valence-electron chi connectivity index (χ2n) is 4.55. The van der Waals surface area contributed by atoms with Crippen LogP contribution in [0.25, 0.3) is 0 Å². The van der Waals surface area contributed by atoms with E-state index in [1.165, 1.54) is 0 Å². The van der Waals surface area contributed by atoms with Crippen molar-refractivity contribution in [2.75, 3.05) is 7.05 Å². The van der Waals surface area contributed by atoms with E-state index in [4.69, 9.17) is 34.8 Å². The molecule has 0 heterocycles. The van der Waals surface area contributed by atoms with Crippen molar-refractivity contribution in [3.8, 4) is 0 Å². The Morgan fingerprint density at radius 1 is 1.05 bits per heavy atom. The zero-order chi connectivity index (χ0) is 15.6. The maximum Gasteiger partial charge on any atom is 0.142 e. The Labute approximate surface area is 136 Å². The molecule has 0 saturated heterocycles. The Morgan fingerprint density at radius 3 is 2.43 bits per heavy atom. The van der Waals surface area contributed by atoms with Crippen LogP contribution in [0.3, 0.4) is 0 Å². The number of hydrogen-bond donors (Lipinski definition) is 1. The largest absolute Gasteiger partial charge is 0.313 e. The van der Waals surface area contributed by atoms with Gasteiger partial charge in [0.15, 0.2) is 0 Å². The molecule has 1 nitrogen and oxygen atoms in total. The molecule has 0 saturated carbocycles. The third-order valence-corrected chi connectivity index (χ3v) is 4.37. The predicted octanol–water partition coefficient (Wildman–Crippen LogP) is 5.43. The first kappa shape index (κ1) is 16.5. The Morgan fingerprint density at radius 2 is 1.76 bits per heavy atom. The highest BCUT2D eigenvalue weighted by molar-refractivity contribution is 6.42. The van der Waals surface area contributed by atoms with Gasteiger partial charge in [-0.05, 0) is 37.2 Å². The smallest absolute Gasteiger partial charge is 0.142 e. The van der Waals surface area contributed by atoms with Crippen LogP contribution in [-0.2, 0) is 6.42 Å². The van der Waals surface area contributed by atoms with Crippen molar-refractivity contribution in [3.63, 3.8) is 0 Å². The molecular weight excluding hydrogens is 339 g/mol. The van der Waals surface area contributed by atoms with Gasteiger partial charge in [-0.1, -0.05) is 46.9 Å². The lowest BCUT2D eigenvalue weighted by Crippen LogP contribution is -2.20. The second kappa shape index (κ2) is 6.93. The summed E-state index contributed by atoms with van der Waals surface area (Å²) < 4.78 is 27.6. The monoisotopic (exact) mass is 349 g/mol. The van der Waals surface area contributed by atoms with E-state index < -0.39 is 17.7 Å². The zero-order valence-corrected chi connectivity index (χ0v) is 13.3. The van der Waals surface area contributed by atoms with Crippen LogP contribution < -0.4 is 5.32 Å². The number of rotatable bonds is 4. The zero-order valence-electron chi connectivity index (χ0n) is 11.1. The lowest BCUT2D eigenvalue weighted by Gasteiger charge is -2.19. The summed E-state index contributed by atoms with van der Waals surface area (Å²) in [5, 5.41) is 3.54. The average molecular weight is 351 g/mol. The minimum Gasteiger partial charge on any atom is -0.313 e. The van der Waals surface area contributed by atoms with E-state index in [0.717, 1.165) is 17.7 Å². The molecule has 0 bridgehead atoms. The molecule has 1 unspecified atom stereocenters. The van der Waals surface area contributed by atoms with Crippen LogP contribution in [0.15, 0.2) is 30.3 Å². The maximum absolute atomic E-state index is 14.0. The van der Waals surface area contributed by atoms with Gasteiger partial charge in [0.2, 0.25) is 0 Å². The van der Waals surface area contributed by atoms with E-state index in [-0.39, 0.29) is 10.6 Å². The van der Waals surface area contributed by atoms with Gasteiger partial charge in [-0.2, -0.15) is 0 Å². The third kappa shape index (κ3) is 3.67. The molecule has 6 heteroatoms. The van der Waals surface area contributed by atoms with E-state index in [1.54, 1.807) is 25.2 Å². The minimum atomic E-state index is -0.662. The molecule has 1 N–H and O–H groups in total. The highest BCUT2D eigenvalue weighted by Crippen LogP contribution is 2.31. The summed E-state index contributed by atoms with van der Waals surface area (Å²) in [6, 6.07) is 6.84. The van der Waals surface area contributed by atoms with Crippen molar-refractivity contribution in [1.82, 2.24) is 5.32 Å². The first-order valence-electron chi connectivity index (χ1n) is 6.18. The second-order valence-corrected chi connectivity index (χ2v) is 5.74. The molecule has 0 aliphatic heterocycles. The Balaban J connectivity index is 2.37. The molecule has 1 atom stereocenters. The predicted molar refractivity (Wildman–Crippen MR) is 83.3 cm³/mol. The van der Waals surface area contributed by atoms with Gasteiger partial charge in [-0.3, -0.25) is 0 Å². The van der Waals surface area contributed by atoms with Crippen molar-refractivity contribution in [3.05, 3.63) is 68.2 Å². The van der Waals surface area contributed by atoms with E-state index in [0.29, 0.717) is 16.5 Å². The Bertz CT molecular complexity index is 662. The molecule has 0 aliphatic carbocycles. The van der Waals surface area contributed by atoms with Gasteiger partial charge in [0.05, 0.1) is 15.1 Å². The molecular formula is C15H12Cl3F2N. The van der Waals surface area contributed by atoms with Crippen molar-refractivity contribution >= 4 is 34.8 Å². The molecule has 0 amide bonds. The van der Waals surface area contributed by atoms with Gasteiger partial charge in [0.1, 0.15) is 11.6 Å². The number of likely N-dealkylation sites (N-methyl/N-ethyl adjacent to an activating group) is 1. The summed E-state index contributed by atoms with van der Waals surface area (Å²) >= 11 is 17.7. The summed E-state index contributed by atoms with van der Waals surface area (Å²) in [6.07, 6.45) is 0.369. The molecule has 0 spiro atoms. The van der Waals surface area contributed by atoms with Crippen LogP contribution in [0.4, 0.5) is 8.78 Å². The molecule has 0 aromatic heterocycles. The maximum atomic E-state index is 14.0.